The van der Waals surface area contributed by atoms with Crippen molar-refractivity contribution in [3.05, 3.63) is 78.5 Å². The Bertz CT molecular complexity index is 1140. The van der Waals surface area contributed by atoms with Crippen molar-refractivity contribution in [3.8, 4) is 0 Å². The minimum Gasteiger partial charge on any atom is -0.345 e. The summed E-state index contributed by atoms with van der Waals surface area (Å²) in [5, 5.41) is 0.725. The van der Waals surface area contributed by atoms with E-state index in [1.165, 1.54) is 0 Å². The Morgan fingerprint density at radius 2 is 1.76 bits per heavy atom. The Kier molecular flexibility index (Phi) is 3.69. The molecule has 4 rings (SSSR count). The average Bonchev–Trinajstić information content (AvgIpc) is 3.20. The number of aromatic nitrogens is 3. The molecular weight excluding hydrogens is 334 g/mol. The lowest BCUT2D eigenvalue weighted by Gasteiger charge is -2.03. The van der Waals surface area contributed by atoms with E-state index < -0.39 is 9.84 Å². The number of fused-ring (bicyclic) bond motifs is 1. The third kappa shape index (κ3) is 2.74. The maximum absolute atomic E-state index is 13.1. The molecular formula is C19H17N3O2S. The topological polar surface area (TPSA) is 67.8 Å². The first kappa shape index (κ1) is 15.7. The second kappa shape index (κ2) is 5.89. The van der Waals surface area contributed by atoms with Gasteiger partial charge in [0.15, 0.2) is 0 Å². The van der Waals surface area contributed by atoms with Gasteiger partial charge in [-0.15, -0.1) is 0 Å². The van der Waals surface area contributed by atoms with E-state index in [1.54, 1.807) is 36.7 Å². The number of benzene rings is 2. The van der Waals surface area contributed by atoms with Crippen LogP contribution < -0.4 is 0 Å². The number of sulfone groups is 1. The second-order valence-corrected chi connectivity index (χ2v) is 7.87. The first-order valence-electron chi connectivity index (χ1n) is 7.94. The van der Waals surface area contributed by atoms with Crippen molar-refractivity contribution in [2.24, 2.45) is 0 Å². The summed E-state index contributed by atoms with van der Waals surface area (Å²) < 4.78 is 28.1. The Labute approximate surface area is 145 Å². The summed E-state index contributed by atoms with van der Waals surface area (Å²) in [6, 6.07) is 16.1. The summed E-state index contributed by atoms with van der Waals surface area (Å²) in [6.45, 7) is 2.42. The zero-order chi connectivity index (χ0) is 17.4. The minimum atomic E-state index is -3.58. The van der Waals surface area contributed by atoms with E-state index in [4.69, 9.17) is 0 Å². The van der Waals surface area contributed by atoms with Crippen molar-refractivity contribution in [2.75, 3.05) is 0 Å². The molecule has 6 heteroatoms. The van der Waals surface area contributed by atoms with Gasteiger partial charge in [-0.2, -0.15) is 0 Å². The molecule has 0 aliphatic heterocycles. The molecule has 0 spiro atoms. The van der Waals surface area contributed by atoms with E-state index in [1.807, 2.05) is 41.8 Å². The normalized spacial score (nSPS) is 11.9. The van der Waals surface area contributed by atoms with Gasteiger partial charge in [0.25, 0.3) is 0 Å². The van der Waals surface area contributed by atoms with Crippen LogP contribution in [0.3, 0.4) is 0 Å². The van der Waals surface area contributed by atoms with Crippen LogP contribution in [0.25, 0.3) is 10.9 Å². The molecule has 5 nitrogen and oxygen atoms in total. The first-order chi connectivity index (χ1) is 12.1. The number of hydrogen-bond acceptors (Lipinski definition) is 3. The van der Waals surface area contributed by atoms with Crippen LogP contribution in [0.2, 0.25) is 0 Å². The van der Waals surface area contributed by atoms with Crippen molar-refractivity contribution >= 4 is 20.7 Å². The summed E-state index contributed by atoms with van der Waals surface area (Å²) in [5.41, 5.74) is 1.81. The van der Waals surface area contributed by atoms with Crippen LogP contribution in [-0.4, -0.2) is 23.0 Å². The van der Waals surface area contributed by atoms with Crippen molar-refractivity contribution in [1.82, 2.24) is 14.5 Å². The van der Waals surface area contributed by atoms with Gasteiger partial charge in [-0.1, -0.05) is 36.4 Å². The van der Waals surface area contributed by atoms with Gasteiger partial charge in [-0.3, -0.25) is 0 Å². The largest absolute Gasteiger partial charge is 0.345 e. The zero-order valence-electron chi connectivity index (χ0n) is 13.7. The lowest BCUT2D eigenvalue weighted by Crippen LogP contribution is -2.02. The van der Waals surface area contributed by atoms with Crippen LogP contribution in [-0.2, 0) is 16.4 Å². The number of rotatable bonds is 4. The van der Waals surface area contributed by atoms with Crippen molar-refractivity contribution in [1.29, 1.82) is 0 Å². The minimum absolute atomic E-state index is 0.301. The number of para-hydroxylation sites is 1. The fourth-order valence-corrected chi connectivity index (χ4v) is 4.52. The maximum atomic E-state index is 13.1. The highest BCUT2D eigenvalue weighted by atomic mass is 32.2. The highest BCUT2D eigenvalue weighted by Crippen LogP contribution is 2.30. The summed E-state index contributed by atoms with van der Waals surface area (Å²) >= 11 is 0. The predicted octanol–water partition coefficient (Wildman–Crippen LogP) is 3.55. The Hall–Kier alpha value is -2.86. The molecule has 0 amide bonds. The monoisotopic (exact) mass is 351 g/mol. The molecule has 4 aromatic rings. The zero-order valence-corrected chi connectivity index (χ0v) is 14.5. The number of hydrogen-bond donors (Lipinski definition) is 1. The van der Waals surface area contributed by atoms with Gasteiger partial charge in [-0.25, -0.2) is 13.4 Å². The van der Waals surface area contributed by atoms with E-state index in [9.17, 15) is 8.42 Å². The van der Waals surface area contributed by atoms with E-state index in [0.29, 0.717) is 16.3 Å². The lowest BCUT2D eigenvalue weighted by atomic mass is 10.2. The molecule has 0 aliphatic carbocycles. The highest BCUT2D eigenvalue weighted by Gasteiger charge is 2.23. The lowest BCUT2D eigenvalue weighted by molar-refractivity contribution is 0.596. The van der Waals surface area contributed by atoms with Crippen LogP contribution in [0.4, 0.5) is 0 Å². The molecule has 25 heavy (non-hydrogen) atoms. The smallest absolute Gasteiger partial charge is 0.208 e. The van der Waals surface area contributed by atoms with Gasteiger partial charge < -0.3 is 9.55 Å². The van der Waals surface area contributed by atoms with Crippen molar-refractivity contribution in [3.63, 3.8) is 0 Å². The Balaban J connectivity index is 1.88. The second-order valence-electron chi connectivity index (χ2n) is 5.95. The number of aryl methyl sites for hydroxylation is 1. The van der Waals surface area contributed by atoms with E-state index in [-0.39, 0.29) is 0 Å². The quantitative estimate of drug-likeness (QED) is 0.611. The fourth-order valence-electron chi connectivity index (χ4n) is 3.02. The number of imidazole rings is 1. The molecule has 2 aromatic heterocycles. The summed E-state index contributed by atoms with van der Waals surface area (Å²) in [6.07, 6.45) is 3.48. The van der Waals surface area contributed by atoms with Crippen LogP contribution in [0.1, 0.15) is 11.5 Å². The number of nitrogens with one attached hydrogen (secondary N) is 1. The van der Waals surface area contributed by atoms with Crippen LogP contribution >= 0.6 is 0 Å². The molecule has 0 atom stereocenters. The third-order valence-electron chi connectivity index (χ3n) is 4.19. The molecule has 0 radical (unpaired) electrons. The molecule has 0 saturated heterocycles. The van der Waals surface area contributed by atoms with Gasteiger partial charge in [0.05, 0.1) is 28.2 Å². The van der Waals surface area contributed by atoms with E-state index >= 15 is 0 Å². The SMILES string of the molecule is Cc1ncc(Cn2cc(S(=O)(=O)c3ccccc3)c3ccccc32)[nH]1. The standard InChI is InChI=1S/C19H17N3O2S/c1-14-20-11-15(21-14)12-22-13-19(17-9-5-6-10-18(17)22)25(23,24)16-7-3-2-4-8-16/h2-11,13H,12H2,1H3,(H,20,21). The van der Waals surface area contributed by atoms with Gasteiger partial charge in [0.2, 0.25) is 9.84 Å². The highest BCUT2D eigenvalue weighted by molar-refractivity contribution is 7.91. The number of aromatic amines is 1. The molecule has 1 N–H and O–H groups in total. The summed E-state index contributed by atoms with van der Waals surface area (Å²) in [7, 11) is -3.58. The molecule has 0 aliphatic rings. The van der Waals surface area contributed by atoms with Gasteiger partial charge in [0, 0.05) is 17.1 Å². The molecule has 2 heterocycles. The fraction of sp³-hybridized carbons (Fsp3) is 0.105. The van der Waals surface area contributed by atoms with E-state index in [2.05, 4.69) is 9.97 Å². The molecule has 0 unspecified atom stereocenters. The van der Waals surface area contributed by atoms with Gasteiger partial charge in [-0.05, 0) is 25.1 Å². The van der Waals surface area contributed by atoms with Crippen molar-refractivity contribution in [2.45, 2.75) is 23.3 Å². The average molecular weight is 351 g/mol. The number of nitrogens with zero attached hydrogens (tertiary/aromatic N) is 2. The third-order valence-corrected chi connectivity index (χ3v) is 5.99. The molecule has 2 aromatic carbocycles. The molecule has 0 bridgehead atoms. The Morgan fingerprint density at radius 1 is 1.04 bits per heavy atom. The molecule has 0 saturated carbocycles. The maximum Gasteiger partial charge on any atom is 0.208 e. The van der Waals surface area contributed by atoms with Crippen molar-refractivity contribution < 1.29 is 8.42 Å². The summed E-state index contributed by atoms with van der Waals surface area (Å²) in [5.74, 6) is 0.837. The van der Waals surface area contributed by atoms with Gasteiger partial charge >= 0.3 is 0 Å². The Morgan fingerprint density at radius 3 is 2.48 bits per heavy atom. The predicted molar refractivity (Wildman–Crippen MR) is 96.3 cm³/mol. The van der Waals surface area contributed by atoms with E-state index in [0.717, 1.165) is 22.4 Å². The van der Waals surface area contributed by atoms with Crippen LogP contribution in [0.5, 0.6) is 0 Å². The molecule has 0 fully saturated rings. The van der Waals surface area contributed by atoms with Crippen LogP contribution in [0.15, 0.2) is 76.8 Å². The molecule has 126 valence electrons. The summed E-state index contributed by atoms with van der Waals surface area (Å²) in [4.78, 5) is 8.02. The van der Waals surface area contributed by atoms with Gasteiger partial charge in [0.1, 0.15) is 5.82 Å². The van der Waals surface area contributed by atoms with Crippen LogP contribution in [0, 0.1) is 6.92 Å². The number of H-pyrrole nitrogens is 1. The first-order valence-corrected chi connectivity index (χ1v) is 9.42.